The summed E-state index contributed by atoms with van der Waals surface area (Å²) in [7, 11) is 3.21. The lowest BCUT2D eigenvalue weighted by atomic mass is 9.91. The van der Waals surface area contributed by atoms with E-state index in [1.54, 1.807) is 14.2 Å². The molecule has 1 aliphatic heterocycles. The Morgan fingerprint density at radius 1 is 1.04 bits per heavy atom. The Bertz CT molecular complexity index is 769. The van der Waals surface area contributed by atoms with Crippen LogP contribution in [0.1, 0.15) is 18.4 Å². The lowest BCUT2D eigenvalue weighted by molar-refractivity contribution is -0.124. The highest BCUT2D eigenvalue weighted by molar-refractivity contribution is 5.78. The number of hydrogen-bond donors (Lipinski definition) is 3. The predicted molar refractivity (Wildman–Crippen MR) is 102 cm³/mol. The fraction of sp³-hybridized carbons (Fsp3) is 0.350. The Morgan fingerprint density at radius 2 is 1.78 bits per heavy atom. The molecule has 144 valence electrons. The summed E-state index contributed by atoms with van der Waals surface area (Å²) in [6.07, 6.45) is -0.273. The first-order valence-corrected chi connectivity index (χ1v) is 8.82. The third-order valence-electron chi connectivity index (χ3n) is 4.59. The number of benzene rings is 2. The van der Waals surface area contributed by atoms with Gasteiger partial charge in [0.1, 0.15) is 11.9 Å². The van der Waals surface area contributed by atoms with Crippen LogP contribution in [0.4, 0.5) is 0 Å². The van der Waals surface area contributed by atoms with Crippen molar-refractivity contribution < 1.29 is 19.0 Å². The summed E-state index contributed by atoms with van der Waals surface area (Å²) in [5.74, 6) is 1.81. The zero-order chi connectivity index (χ0) is 19.2. The Morgan fingerprint density at radius 3 is 2.48 bits per heavy atom. The van der Waals surface area contributed by atoms with Crippen LogP contribution in [-0.4, -0.2) is 38.9 Å². The van der Waals surface area contributed by atoms with Gasteiger partial charge in [0.25, 0.3) is 5.91 Å². The van der Waals surface area contributed by atoms with Gasteiger partial charge in [-0.1, -0.05) is 24.3 Å². The highest BCUT2D eigenvalue weighted by atomic mass is 16.5. The number of carbonyl (C=O) groups excluding carboxylic acids is 1. The van der Waals surface area contributed by atoms with Gasteiger partial charge in [0.05, 0.1) is 14.2 Å². The molecule has 0 bridgehead atoms. The summed E-state index contributed by atoms with van der Waals surface area (Å²) in [6, 6.07) is 15.2. The van der Waals surface area contributed by atoms with Crippen molar-refractivity contribution in [2.75, 3.05) is 20.8 Å². The fourth-order valence-corrected chi connectivity index (χ4v) is 3.24. The van der Waals surface area contributed by atoms with Crippen molar-refractivity contribution in [2.45, 2.75) is 25.0 Å². The number of para-hydroxylation sites is 1. The van der Waals surface area contributed by atoms with Crippen LogP contribution in [0.5, 0.6) is 17.2 Å². The average Bonchev–Trinajstić information content (AvgIpc) is 3.06. The SMILES string of the molecule is COc1ccc(C2C(C)NNC2NC(=O)COc2ccccc2)cc1OC. The smallest absolute Gasteiger partial charge is 0.259 e. The van der Waals surface area contributed by atoms with Crippen molar-refractivity contribution in [3.8, 4) is 17.2 Å². The third kappa shape index (κ3) is 4.50. The van der Waals surface area contributed by atoms with Gasteiger partial charge in [-0.2, -0.15) is 0 Å². The molecule has 7 heteroatoms. The minimum atomic E-state index is -0.273. The summed E-state index contributed by atoms with van der Waals surface area (Å²) in [5.41, 5.74) is 7.36. The Labute approximate surface area is 159 Å². The number of ether oxygens (including phenoxy) is 3. The van der Waals surface area contributed by atoms with E-state index in [2.05, 4.69) is 23.1 Å². The highest BCUT2D eigenvalue weighted by Crippen LogP contribution is 2.34. The van der Waals surface area contributed by atoms with Gasteiger partial charge in [-0.3, -0.25) is 10.2 Å². The number of nitrogens with one attached hydrogen (secondary N) is 3. The van der Waals surface area contributed by atoms with E-state index >= 15 is 0 Å². The molecule has 3 atom stereocenters. The molecule has 0 aliphatic carbocycles. The Balaban J connectivity index is 1.67. The van der Waals surface area contributed by atoms with Gasteiger partial charge >= 0.3 is 0 Å². The maximum Gasteiger partial charge on any atom is 0.259 e. The molecule has 0 spiro atoms. The maximum absolute atomic E-state index is 12.3. The molecule has 0 saturated carbocycles. The molecule has 1 amide bonds. The minimum Gasteiger partial charge on any atom is -0.493 e. The number of hydrogen-bond acceptors (Lipinski definition) is 6. The van der Waals surface area contributed by atoms with Gasteiger partial charge in [0, 0.05) is 12.0 Å². The van der Waals surface area contributed by atoms with E-state index in [9.17, 15) is 4.79 Å². The molecule has 3 rings (SSSR count). The van der Waals surface area contributed by atoms with Crippen LogP contribution in [0.2, 0.25) is 0 Å². The molecule has 7 nitrogen and oxygen atoms in total. The summed E-state index contributed by atoms with van der Waals surface area (Å²) >= 11 is 0. The van der Waals surface area contributed by atoms with E-state index in [1.807, 2.05) is 48.5 Å². The van der Waals surface area contributed by atoms with E-state index < -0.39 is 0 Å². The molecule has 27 heavy (non-hydrogen) atoms. The van der Waals surface area contributed by atoms with Gasteiger partial charge in [-0.25, -0.2) is 5.43 Å². The van der Waals surface area contributed by atoms with Crippen LogP contribution in [0.15, 0.2) is 48.5 Å². The topological polar surface area (TPSA) is 80.9 Å². The van der Waals surface area contributed by atoms with E-state index in [0.29, 0.717) is 17.2 Å². The minimum absolute atomic E-state index is 0.0190. The monoisotopic (exact) mass is 371 g/mol. The zero-order valence-corrected chi connectivity index (χ0v) is 15.7. The van der Waals surface area contributed by atoms with Gasteiger partial charge in [-0.05, 0) is 36.8 Å². The molecule has 0 aromatic heterocycles. The number of methoxy groups -OCH3 is 2. The van der Waals surface area contributed by atoms with Gasteiger partial charge in [-0.15, -0.1) is 0 Å². The average molecular weight is 371 g/mol. The third-order valence-corrected chi connectivity index (χ3v) is 4.59. The Kier molecular flexibility index (Phi) is 6.16. The number of carbonyl (C=O) groups is 1. The van der Waals surface area contributed by atoms with Crippen LogP contribution in [-0.2, 0) is 4.79 Å². The normalized spacial score (nSPS) is 21.5. The second-order valence-electron chi connectivity index (χ2n) is 6.36. The summed E-state index contributed by atoms with van der Waals surface area (Å²) < 4.78 is 16.2. The van der Waals surface area contributed by atoms with E-state index in [0.717, 1.165) is 5.56 Å². The van der Waals surface area contributed by atoms with Crippen molar-refractivity contribution in [3.05, 3.63) is 54.1 Å². The quantitative estimate of drug-likeness (QED) is 0.689. The van der Waals surface area contributed by atoms with Crippen molar-refractivity contribution in [3.63, 3.8) is 0 Å². The van der Waals surface area contributed by atoms with Crippen molar-refractivity contribution in [1.29, 1.82) is 0 Å². The molecule has 1 heterocycles. The molecule has 2 aromatic carbocycles. The highest BCUT2D eigenvalue weighted by Gasteiger charge is 2.35. The number of rotatable bonds is 7. The number of hydrazine groups is 1. The lowest BCUT2D eigenvalue weighted by Crippen LogP contribution is -2.47. The number of amides is 1. The molecular formula is C20H25N3O4. The lowest BCUT2D eigenvalue weighted by Gasteiger charge is -2.23. The fourth-order valence-electron chi connectivity index (χ4n) is 3.24. The maximum atomic E-state index is 12.3. The van der Waals surface area contributed by atoms with Crippen LogP contribution < -0.4 is 30.4 Å². The molecular weight excluding hydrogens is 346 g/mol. The summed E-state index contributed by atoms with van der Waals surface area (Å²) in [5, 5.41) is 2.98. The second kappa shape index (κ2) is 8.75. The second-order valence-corrected chi connectivity index (χ2v) is 6.36. The molecule has 1 saturated heterocycles. The molecule has 3 N–H and O–H groups in total. The van der Waals surface area contributed by atoms with Gasteiger partial charge in [0.15, 0.2) is 18.1 Å². The first kappa shape index (κ1) is 19.0. The van der Waals surface area contributed by atoms with E-state index in [1.165, 1.54) is 0 Å². The van der Waals surface area contributed by atoms with Crippen molar-refractivity contribution >= 4 is 5.91 Å². The molecule has 0 radical (unpaired) electrons. The standard InChI is InChI=1S/C20H25N3O4/c1-13-19(14-9-10-16(25-2)17(11-14)26-3)20(23-22-13)21-18(24)12-27-15-7-5-4-6-8-15/h4-11,13,19-20,22-23H,12H2,1-3H3,(H,21,24). The van der Waals surface area contributed by atoms with Crippen molar-refractivity contribution in [2.24, 2.45) is 0 Å². The molecule has 1 fully saturated rings. The van der Waals surface area contributed by atoms with Gasteiger partial charge < -0.3 is 19.5 Å². The Hall–Kier alpha value is -2.77. The summed E-state index contributed by atoms with van der Waals surface area (Å²) in [4.78, 5) is 12.3. The molecule has 1 aliphatic rings. The zero-order valence-electron chi connectivity index (χ0n) is 15.7. The van der Waals surface area contributed by atoms with Crippen LogP contribution in [0, 0.1) is 0 Å². The first-order valence-electron chi connectivity index (χ1n) is 8.82. The molecule has 3 unspecified atom stereocenters. The summed E-state index contributed by atoms with van der Waals surface area (Å²) in [6.45, 7) is 2.01. The van der Waals surface area contributed by atoms with E-state index in [-0.39, 0.29) is 30.6 Å². The predicted octanol–water partition coefficient (Wildman–Crippen LogP) is 1.80. The largest absolute Gasteiger partial charge is 0.493 e. The van der Waals surface area contributed by atoms with E-state index in [4.69, 9.17) is 14.2 Å². The van der Waals surface area contributed by atoms with Gasteiger partial charge in [0.2, 0.25) is 0 Å². The molecule has 2 aromatic rings. The van der Waals surface area contributed by atoms with Crippen LogP contribution in [0.25, 0.3) is 0 Å². The first-order chi connectivity index (χ1) is 13.1. The van der Waals surface area contributed by atoms with Crippen LogP contribution in [0.3, 0.4) is 0 Å². The van der Waals surface area contributed by atoms with Crippen molar-refractivity contribution in [1.82, 2.24) is 16.2 Å². The van der Waals surface area contributed by atoms with Crippen LogP contribution >= 0.6 is 0 Å².